The SMILES string of the molecule is CCC(C)(CCCl)Nc1ccc(S(=O)(=O)N(C)C)cn1. The molecule has 5 nitrogen and oxygen atoms in total. The van der Waals surface area contributed by atoms with Crippen LogP contribution in [0.1, 0.15) is 26.7 Å². The highest BCUT2D eigenvalue weighted by atomic mass is 35.5. The Morgan fingerprint density at radius 2 is 2.05 bits per heavy atom. The third kappa shape index (κ3) is 4.07. The highest BCUT2D eigenvalue weighted by Crippen LogP contribution is 2.22. The van der Waals surface area contributed by atoms with E-state index in [9.17, 15) is 8.42 Å². The van der Waals surface area contributed by atoms with Crippen LogP contribution in [0.2, 0.25) is 0 Å². The summed E-state index contributed by atoms with van der Waals surface area (Å²) in [5.74, 6) is 1.21. The molecule has 1 heterocycles. The Hall–Kier alpha value is -0.850. The Morgan fingerprint density at radius 1 is 1.40 bits per heavy atom. The molecule has 1 aromatic rings. The maximum Gasteiger partial charge on any atom is 0.244 e. The van der Waals surface area contributed by atoms with E-state index in [0.29, 0.717) is 11.7 Å². The summed E-state index contributed by atoms with van der Waals surface area (Å²) in [6.07, 6.45) is 3.08. The number of nitrogens with one attached hydrogen (secondary N) is 1. The van der Waals surface area contributed by atoms with Crippen molar-refractivity contribution in [1.82, 2.24) is 9.29 Å². The van der Waals surface area contributed by atoms with Gasteiger partial charge in [0.05, 0.1) is 0 Å². The van der Waals surface area contributed by atoms with Gasteiger partial charge in [-0.2, -0.15) is 0 Å². The van der Waals surface area contributed by atoms with Crippen LogP contribution in [0.15, 0.2) is 23.2 Å². The van der Waals surface area contributed by atoms with Crippen LogP contribution in [0.25, 0.3) is 0 Å². The fraction of sp³-hybridized carbons (Fsp3) is 0.615. The van der Waals surface area contributed by atoms with Crippen molar-refractivity contribution in [3.05, 3.63) is 18.3 Å². The smallest absolute Gasteiger partial charge is 0.244 e. The minimum Gasteiger partial charge on any atom is -0.365 e. The predicted octanol–water partition coefficient (Wildman–Crippen LogP) is 2.54. The molecule has 1 N–H and O–H groups in total. The van der Waals surface area contributed by atoms with Crippen molar-refractivity contribution < 1.29 is 8.42 Å². The third-order valence-corrected chi connectivity index (χ3v) is 5.36. The molecular weight excluding hydrogens is 298 g/mol. The van der Waals surface area contributed by atoms with Gasteiger partial charge in [-0.25, -0.2) is 17.7 Å². The van der Waals surface area contributed by atoms with Gasteiger partial charge in [-0.05, 0) is 31.9 Å². The molecule has 0 aliphatic carbocycles. The fourth-order valence-electron chi connectivity index (χ4n) is 1.66. The van der Waals surface area contributed by atoms with Crippen molar-refractivity contribution in [1.29, 1.82) is 0 Å². The second-order valence-corrected chi connectivity index (χ2v) is 7.67. The summed E-state index contributed by atoms with van der Waals surface area (Å²) in [5.41, 5.74) is -0.142. The van der Waals surface area contributed by atoms with E-state index in [-0.39, 0.29) is 10.4 Å². The molecule has 0 saturated carbocycles. The summed E-state index contributed by atoms with van der Waals surface area (Å²) >= 11 is 5.81. The minimum absolute atomic E-state index is 0.142. The Morgan fingerprint density at radius 3 is 2.45 bits per heavy atom. The summed E-state index contributed by atoms with van der Waals surface area (Å²) in [4.78, 5) is 4.37. The van der Waals surface area contributed by atoms with E-state index in [1.165, 1.54) is 24.6 Å². The molecule has 7 heteroatoms. The average Bonchev–Trinajstić information content (AvgIpc) is 2.39. The first-order chi connectivity index (χ1) is 9.25. The van der Waals surface area contributed by atoms with Crippen LogP contribution in [0.4, 0.5) is 5.82 Å². The number of rotatable bonds is 7. The number of hydrogen-bond acceptors (Lipinski definition) is 4. The van der Waals surface area contributed by atoms with Crippen LogP contribution in [-0.2, 0) is 10.0 Å². The average molecular weight is 320 g/mol. The number of alkyl halides is 1. The summed E-state index contributed by atoms with van der Waals surface area (Å²) in [5, 5.41) is 3.31. The molecule has 1 aromatic heterocycles. The van der Waals surface area contributed by atoms with Crippen molar-refractivity contribution in [3.8, 4) is 0 Å². The van der Waals surface area contributed by atoms with E-state index in [1.807, 2.05) is 0 Å². The predicted molar refractivity (Wildman–Crippen MR) is 82.8 cm³/mol. The minimum atomic E-state index is -3.43. The Kier molecular flexibility index (Phi) is 5.79. The molecule has 0 amide bonds. The van der Waals surface area contributed by atoms with Crippen LogP contribution < -0.4 is 5.32 Å². The summed E-state index contributed by atoms with van der Waals surface area (Å²) in [7, 11) is -0.439. The van der Waals surface area contributed by atoms with Crippen LogP contribution in [0.3, 0.4) is 0 Å². The van der Waals surface area contributed by atoms with Crippen molar-refractivity contribution >= 4 is 27.4 Å². The molecule has 0 aliphatic heterocycles. The molecule has 0 aromatic carbocycles. The lowest BCUT2D eigenvalue weighted by Crippen LogP contribution is -2.34. The molecule has 0 aliphatic rings. The van der Waals surface area contributed by atoms with Crippen molar-refractivity contribution in [2.45, 2.75) is 37.1 Å². The van der Waals surface area contributed by atoms with Gasteiger partial charge in [0.25, 0.3) is 0 Å². The molecule has 1 rings (SSSR count). The van der Waals surface area contributed by atoms with Gasteiger partial charge in [-0.3, -0.25) is 0 Å². The van der Waals surface area contributed by atoms with Crippen molar-refractivity contribution in [2.24, 2.45) is 0 Å². The highest BCUT2D eigenvalue weighted by Gasteiger charge is 2.22. The number of sulfonamides is 1. The van der Waals surface area contributed by atoms with Gasteiger partial charge in [0.15, 0.2) is 0 Å². The van der Waals surface area contributed by atoms with E-state index in [1.54, 1.807) is 12.1 Å². The zero-order valence-corrected chi connectivity index (χ0v) is 13.9. The first-order valence-corrected chi connectivity index (χ1v) is 8.45. The maximum atomic E-state index is 11.9. The fourth-order valence-corrected chi connectivity index (χ4v) is 2.93. The summed E-state index contributed by atoms with van der Waals surface area (Å²) < 4.78 is 25.0. The number of aromatic nitrogens is 1. The molecular formula is C13H22ClN3O2S. The Bertz CT molecular complexity index is 531. The monoisotopic (exact) mass is 319 g/mol. The van der Waals surface area contributed by atoms with Gasteiger partial charge in [0, 0.05) is 31.7 Å². The van der Waals surface area contributed by atoms with Crippen molar-refractivity contribution in [3.63, 3.8) is 0 Å². The lowest BCUT2D eigenvalue weighted by atomic mass is 9.95. The zero-order chi connectivity index (χ0) is 15.4. The van der Waals surface area contributed by atoms with Gasteiger partial charge in [-0.15, -0.1) is 11.6 Å². The van der Waals surface area contributed by atoms with Crippen LogP contribution in [0.5, 0.6) is 0 Å². The number of nitrogens with zero attached hydrogens (tertiary/aromatic N) is 2. The van der Waals surface area contributed by atoms with Gasteiger partial charge >= 0.3 is 0 Å². The lowest BCUT2D eigenvalue weighted by Gasteiger charge is -2.29. The molecule has 0 spiro atoms. The third-order valence-electron chi connectivity index (χ3n) is 3.37. The normalized spacial score (nSPS) is 15.1. The first-order valence-electron chi connectivity index (χ1n) is 6.48. The molecule has 20 heavy (non-hydrogen) atoms. The van der Waals surface area contributed by atoms with E-state index in [4.69, 9.17) is 11.6 Å². The Labute approximate surface area is 126 Å². The zero-order valence-electron chi connectivity index (χ0n) is 12.4. The molecule has 0 radical (unpaired) electrons. The molecule has 0 bridgehead atoms. The van der Waals surface area contributed by atoms with Crippen LogP contribution >= 0.6 is 11.6 Å². The largest absolute Gasteiger partial charge is 0.365 e. The van der Waals surface area contributed by atoms with Crippen LogP contribution in [0, 0.1) is 0 Å². The number of anilines is 1. The molecule has 0 fully saturated rings. The van der Waals surface area contributed by atoms with Gasteiger partial charge < -0.3 is 5.32 Å². The van der Waals surface area contributed by atoms with Gasteiger partial charge in [-0.1, -0.05) is 6.92 Å². The van der Waals surface area contributed by atoms with E-state index in [2.05, 4.69) is 24.1 Å². The number of hydrogen-bond donors (Lipinski definition) is 1. The quantitative estimate of drug-likeness (QED) is 0.785. The standard InChI is InChI=1S/C13H22ClN3O2S/c1-5-13(2,8-9-14)16-12-7-6-11(10-15-12)20(18,19)17(3)4/h6-7,10H,5,8-9H2,1-4H3,(H,15,16). The maximum absolute atomic E-state index is 11.9. The van der Waals surface area contributed by atoms with E-state index in [0.717, 1.165) is 12.8 Å². The number of halogens is 1. The number of pyridine rings is 1. The van der Waals surface area contributed by atoms with Crippen molar-refractivity contribution in [2.75, 3.05) is 25.3 Å². The lowest BCUT2D eigenvalue weighted by molar-refractivity contribution is 0.479. The molecule has 1 atom stereocenters. The van der Waals surface area contributed by atoms with Gasteiger partial charge in [0.2, 0.25) is 10.0 Å². The molecule has 0 saturated heterocycles. The molecule has 114 valence electrons. The second kappa shape index (κ2) is 6.74. The first kappa shape index (κ1) is 17.2. The van der Waals surface area contributed by atoms with Gasteiger partial charge in [0.1, 0.15) is 10.7 Å². The highest BCUT2D eigenvalue weighted by molar-refractivity contribution is 7.89. The summed E-state index contributed by atoms with van der Waals surface area (Å²) in [6, 6.07) is 3.24. The summed E-state index contributed by atoms with van der Waals surface area (Å²) in [6.45, 7) is 4.14. The Balaban J connectivity index is 2.93. The topological polar surface area (TPSA) is 62.3 Å². The second-order valence-electron chi connectivity index (χ2n) is 5.14. The van der Waals surface area contributed by atoms with Crippen LogP contribution in [-0.4, -0.2) is 43.2 Å². The van der Waals surface area contributed by atoms with E-state index < -0.39 is 10.0 Å². The van der Waals surface area contributed by atoms with E-state index >= 15 is 0 Å². The molecule has 1 unspecified atom stereocenters.